The largest absolute Gasteiger partial charge is 0.235 e. The SMILES string of the molecule is [CH2]C(C)N=C=O. The van der Waals surface area contributed by atoms with E-state index in [9.17, 15) is 4.79 Å². The van der Waals surface area contributed by atoms with Crippen molar-refractivity contribution in [1.82, 2.24) is 0 Å². The fourth-order valence-electron chi connectivity index (χ4n) is 0.0900. The van der Waals surface area contributed by atoms with E-state index in [0.29, 0.717) is 0 Å². The van der Waals surface area contributed by atoms with Crippen molar-refractivity contribution in [2.45, 2.75) is 13.0 Å². The highest BCUT2D eigenvalue weighted by Gasteiger charge is 1.79. The Morgan fingerprint density at radius 2 is 2.50 bits per heavy atom. The maximum atomic E-state index is 9.28. The van der Waals surface area contributed by atoms with Gasteiger partial charge in [-0.2, -0.15) is 0 Å². The number of hydrogen-bond acceptors (Lipinski definition) is 2. The Morgan fingerprint density at radius 1 is 2.00 bits per heavy atom. The summed E-state index contributed by atoms with van der Waals surface area (Å²) >= 11 is 0. The lowest BCUT2D eigenvalue weighted by atomic mass is 10.4. The zero-order valence-electron chi connectivity index (χ0n) is 3.64. The summed E-state index contributed by atoms with van der Waals surface area (Å²) in [6, 6.07) is -0.150. The lowest BCUT2D eigenvalue weighted by Gasteiger charge is -1.82. The molecule has 0 aliphatic heterocycles. The van der Waals surface area contributed by atoms with E-state index in [1.807, 2.05) is 0 Å². The summed E-state index contributed by atoms with van der Waals surface area (Å²) in [6.07, 6.45) is 1.38. The molecule has 2 nitrogen and oxygen atoms in total. The van der Waals surface area contributed by atoms with Crippen molar-refractivity contribution in [3.8, 4) is 0 Å². The lowest BCUT2D eigenvalue weighted by Crippen LogP contribution is -1.84. The highest BCUT2D eigenvalue weighted by atomic mass is 16.1. The van der Waals surface area contributed by atoms with Gasteiger partial charge in [0.2, 0.25) is 6.08 Å². The molecule has 33 valence electrons. The smallest absolute Gasteiger partial charge is 0.211 e. The van der Waals surface area contributed by atoms with Crippen LogP contribution in [0.5, 0.6) is 0 Å². The molecule has 0 rings (SSSR count). The first-order chi connectivity index (χ1) is 2.77. The lowest BCUT2D eigenvalue weighted by molar-refractivity contribution is 0.561. The van der Waals surface area contributed by atoms with Crippen molar-refractivity contribution in [1.29, 1.82) is 0 Å². The second kappa shape index (κ2) is 2.61. The molecule has 0 aliphatic carbocycles. The maximum Gasteiger partial charge on any atom is 0.235 e. The van der Waals surface area contributed by atoms with E-state index in [2.05, 4.69) is 11.9 Å². The summed E-state index contributed by atoms with van der Waals surface area (Å²) in [5.74, 6) is 0. The fourth-order valence-corrected chi connectivity index (χ4v) is 0.0900. The van der Waals surface area contributed by atoms with E-state index >= 15 is 0 Å². The van der Waals surface area contributed by atoms with Gasteiger partial charge in [0.1, 0.15) is 0 Å². The Labute approximate surface area is 36.9 Å². The molecule has 0 bridgehead atoms. The normalized spacial score (nSPS) is 7.83. The van der Waals surface area contributed by atoms with E-state index < -0.39 is 0 Å². The Balaban J connectivity index is 3.29. The van der Waals surface area contributed by atoms with Crippen LogP contribution in [-0.4, -0.2) is 12.1 Å². The average Bonchev–Trinajstić information content (AvgIpc) is 1.35. The molecule has 0 fully saturated rings. The van der Waals surface area contributed by atoms with Crippen LogP contribution in [-0.2, 0) is 4.79 Å². The number of isocyanates is 1. The first-order valence-electron chi connectivity index (χ1n) is 1.67. The number of aliphatic imine (C=N–C) groups is 1. The summed E-state index contributed by atoms with van der Waals surface area (Å²) in [7, 11) is 0. The monoisotopic (exact) mass is 84.0 g/mol. The van der Waals surface area contributed by atoms with Gasteiger partial charge in [0, 0.05) is 0 Å². The Hall–Kier alpha value is -0.620. The molecule has 1 atom stereocenters. The summed E-state index contributed by atoms with van der Waals surface area (Å²) in [6.45, 7) is 5.11. The van der Waals surface area contributed by atoms with Crippen LogP contribution in [0, 0.1) is 6.92 Å². The van der Waals surface area contributed by atoms with Gasteiger partial charge in [-0.1, -0.05) is 0 Å². The predicted molar refractivity (Wildman–Crippen MR) is 22.9 cm³/mol. The third-order valence-corrected chi connectivity index (χ3v) is 0.273. The summed E-state index contributed by atoms with van der Waals surface area (Å²) in [5, 5.41) is 0. The van der Waals surface area contributed by atoms with Crippen LogP contribution in [0.15, 0.2) is 4.99 Å². The van der Waals surface area contributed by atoms with Crippen molar-refractivity contribution in [2.24, 2.45) is 4.99 Å². The highest BCUT2D eigenvalue weighted by Crippen LogP contribution is 1.77. The molecule has 0 amide bonds. The molecule has 0 spiro atoms. The topological polar surface area (TPSA) is 29.4 Å². The summed E-state index contributed by atoms with van der Waals surface area (Å²) in [4.78, 5) is 12.5. The van der Waals surface area contributed by atoms with Crippen LogP contribution in [0.2, 0.25) is 0 Å². The van der Waals surface area contributed by atoms with Gasteiger partial charge >= 0.3 is 0 Å². The fraction of sp³-hybridized carbons (Fsp3) is 0.500. The van der Waals surface area contributed by atoms with Crippen molar-refractivity contribution >= 4 is 6.08 Å². The van der Waals surface area contributed by atoms with Crippen LogP contribution in [0.4, 0.5) is 0 Å². The molecular weight excluding hydrogens is 78.0 g/mol. The molecule has 2 heteroatoms. The Morgan fingerprint density at radius 3 is 2.50 bits per heavy atom. The zero-order chi connectivity index (χ0) is 4.99. The van der Waals surface area contributed by atoms with Crippen LogP contribution < -0.4 is 0 Å². The summed E-state index contributed by atoms with van der Waals surface area (Å²) in [5.41, 5.74) is 0. The number of nitrogens with zero attached hydrogens (tertiary/aromatic N) is 1. The molecule has 0 aromatic carbocycles. The van der Waals surface area contributed by atoms with Crippen molar-refractivity contribution in [3.05, 3.63) is 6.92 Å². The molecule has 6 heavy (non-hydrogen) atoms. The van der Waals surface area contributed by atoms with Gasteiger partial charge in [0.25, 0.3) is 0 Å². The van der Waals surface area contributed by atoms with Gasteiger partial charge in [-0.25, -0.2) is 9.79 Å². The van der Waals surface area contributed by atoms with Crippen molar-refractivity contribution in [2.75, 3.05) is 0 Å². The van der Waals surface area contributed by atoms with E-state index in [-0.39, 0.29) is 6.04 Å². The molecule has 0 saturated heterocycles. The second-order valence-electron chi connectivity index (χ2n) is 1.07. The quantitative estimate of drug-likeness (QED) is 0.337. The number of hydrogen-bond donors (Lipinski definition) is 0. The first-order valence-corrected chi connectivity index (χ1v) is 1.67. The molecular formula is C4H6NO. The van der Waals surface area contributed by atoms with Gasteiger partial charge in [0.15, 0.2) is 0 Å². The maximum absolute atomic E-state index is 9.28. The first kappa shape index (κ1) is 5.38. The number of rotatable bonds is 1. The second-order valence-corrected chi connectivity index (χ2v) is 1.07. The standard InChI is InChI=1S/C4H6NO/c1-4(2)5-3-6/h4H,1H2,2H3. The number of carbonyl (C=O) groups excluding carboxylic acids is 1. The van der Waals surface area contributed by atoms with Crippen LogP contribution in [0.25, 0.3) is 0 Å². The minimum absolute atomic E-state index is 0.150. The minimum Gasteiger partial charge on any atom is -0.211 e. The molecule has 0 N–H and O–H groups in total. The van der Waals surface area contributed by atoms with E-state index in [4.69, 9.17) is 0 Å². The highest BCUT2D eigenvalue weighted by molar-refractivity contribution is 5.33. The van der Waals surface area contributed by atoms with Gasteiger partial charge in [0.05, 0.1) is 6.04 Å². The van der Waals surface area contributed by atoms with Gasteiger partial charge in [-0.3, -0.25) is 0 Å². The minimum atomic E-state index is -0.150. The molecule has 1 unspecified atom stereocenters. The van der Waals surface area contributed by atoms with Crippen LogP contribution in [0.3, 0.4) is 0 Å². The third-order valence-electron chi connectivity index (χ3n) is 0.273. The molecule has 0 heterocycles. The molecule has 0 aromatic heterocycles. The Bertz CT molecular complexity index is 71.6. The van der Waals surface area contributed by atoms with E-state index in [0.717, 1.165) is 0 Å². The van der Waals surface area contributed by atoms with Crippen molar-refractivity contribution < 1.29 is 4.79 Å². The molecule has 1 radical (unpaired) electrons. The molecule has 0 aliphatic rings. The van der Waals surface area contributed by atoms with E-state index in [1.54, 1.807) is 6.92 Å². The van der Waals surface area contributed by atoms with E-state index in [1.165, 1.54) is 6.08 Å². The van der Waals surface area contributed by atoms with Crippen LogP contribution >= 0.6 is 0 Å². The van der Waals surface area contributed by atoms with Gasteiger partial charge < -0.3 is 0 Å². The van der Waals surface area contributed by atoms with Crippen LogP contribution in [0.1, 0.15) is 6.92 Å². The third kappa shape index (κ3) is 3.38. The van der Waals surface area contributed by atoms with Gasteiger partial charge in [-0.05, 0) is 13.8 Å². The average molecular weight is 84.1 g/mol. The Kier molecular flexibility index (Phi) is 2.34. The van der Waals surface area contributed by atoms with Gasteiger partial charge in [-0.15, -0.1) is 0 Å². The molecule has 0 aromatic rings. The zero-order valence-corrected chi connectivity index (χ0v) is 3.64. The molecule has 0 saturated carbocycles. The van der Waals surface area contributed by atoms with Crippen molar-refractivity contribution in [3.63, 3.8) is 0 Å². The summed E-state index contributed by atoms with van der Waals surface area (Å²) < 4.78 is 0. The predicted octanol–water partition coefficient (Wildman–Crippen LogP) is 0.545.